The summed E-state index contributed by atoms with van der Waals surface area (Å²) in [6, 6.07) is 5.32. The van der Waals surface area contributed by atoms with Gasteiger partial charge >= 0.3 is 6.36 Å². The normalized spacial score (nSPS) is 11.2. The van der Waals surface area contributed by atoms with E-state index in [1.807, 2.05) is 0 Å². The molecule has 1 rings (SSSR count). The number of rotatable bonds is 1. The van der Waals surface area contributed by atoms with Gasteiger partial charge in [0.25, 0.3) is 0 Å². The van der Waals surface area contributed by atoms with Gasteiger partial charge < -0.3 is 9.84 Å². The molecule has 0 bridgehead atoms. The Kier molecular flexibility index (Phi) is 2.12. The molecule has 0 heterocycles. The van der Waals surface area contributed by atoms with Gasteiger partial charge in [-0.3, -0.25) is 0 Å². The number of halogens is 3. The Bertz CT molecular complexity index is 270. The van der Waals surface area contributed by atoms with Crippen molar-refractivity contribution < 1.29 is 23.0 Å². The van der Waals surface area contributed by atoms with Crippen LogP contribution < -0.4 is 4.74 Å². The van der Waals surface area contributed by atoms with Crippen LogP contribution in [0.15, 0.2) is 18.2 Å². The van der Waals surface area contributed by atoms with Crippen molar-refractivity contribution in [3.63, 3.8) is 0 Å². The van der Waals surface area contributed by atoms with Crippen LogP contribution in [0.25, 0.3) is 0 Å². The Labute approximate surface area is 66.2 Å². The number of benzene rings is 1. The van der Waals surface area contributed by atoms with Crippen LogP contribution >= 0.6 is 0 Å². The molecule has 1 aromatic rings. The number of phenolic OH excluding ortho intramolecular Hbond substituents is 1. The molecule has 0 atom stereocenters. The van der Waals surface area contributed by atoms with E-state index in [-0.39, 0.29) is 5.75 Å². The van der Waals surface area contributed by atoms with Crippen molar-refractivity contribution in [1.82, 2.24) is 0 Å². The predicted octanol–water partition coefficient (Wildman–Crippen LogP) is 2.09. The molecule has 0 unspecified atom stereocenters. The molecule has 1 N–H and O–H groups in total. The van der Waals surface area contributed by atoms with Crippen molar-refractivity contribution in [3.05, 3.63) is 24.3 Å². The van der Waals surface area contributed by atoms with E-state index in [0.29, 0.717) is 0 Å². The molecule has 0 saturated carbocycles. The maximum Gasteiger partial charge on any atom is 0.573 e. The lowest BCUT2D eigenvalue weighted by atomic mass is 10.3. The summed E-state index contributed by atoms with van der Waals surface area (Å²) in [5.74, 6) is -0.851. The maximum atomic E-state index is 11.5. The van der Waals surface area contributed by atoms with E-state index in [0.717, 1.165) is 12.1 Å². The molecule has 0 spiro atoms. The molecule has 2 nitrogen and oxygen atoms in total. The van der Waals surface area contributed by atoms with Gasteiger partial charge in [0.05, 0.1) is 0 Å². The second-order valence-electron chi connectivity index (χ2n) is 1.96. The lowest BCUT2D eigenvalue weighted by Gasteiger charge is -2.07. The van der Waals surface area contributed by atoms with Gasteiger partial charge in [-0.05, 0) is 12.1 Å². The second kappa shape index (κ2) is 2.92. The number of ether oxygens (including phenoxy) is 1. The topological polar surface area (TPSA) is 29.5 Å². The molecule has 1 radical (unpaired) electrons. The third kappa shape index (κ3) is 2.69. The number of aromatic hydroxyl groups is 1. The van der Waals surface area contributed by atoms with E-state index >= 15 is 0 Å². The van der Waals surface area contributed by atoms with Crippen LogP contribution in [0.2, 0.25) is 0 Å². The van der Waals surface area contributed by atoms with E-state index in [4.69, 9.17) is 5.11 Å². The van der Waals surface area contributed by atoms with E-state index < -0.39 is 12.1 Å². The first-order valence-electron chi connectivity index (χ1n) is 2.94. The van der Waals surface area contributed by atoms with Gasteiger partial charge in [0.15, 0.2) is 0 Å². The molecule has 12 heavy (non-hydrogen) atoms. The van der Waals surface area contributed by atoms with Crippen LogP contribution in [0, 0.1) is 6.07 Å². The molecule has 0 amide bonds. The van der Waals surface area contributed by atoms with Crippen molar-refractivity contribution in [2.45, 2.75) is 6.36 Å². The largest absolute Gasteiger partial charge is 0.573 e. The van der Waals surface area contributed by atoms with Crippen molar-refractivity contribution in [2.24, 2.45) is 0 Å². The first-order chi connectivity index (χ1) is 5.47. The molecule has 5 heteroatoms. The Hall–Kier alpha value is -1.39. The zero-order valence-corrected chi connectivity index (χ0v) is 5.72. The fourth-order valence-electron chi connectivity index (χ4n) is 0.617. The number of alkyl halides is 3. The van der Waals surface area contributed by atoms with Crippen molar-refractivity contribution >= 4 is 0 Å². The Morgan fingerprint density at radius 1 is 1.42 bits per heavy atom. The van der Waals surface area contributed by atoms with Gasteiger partial charge in [-0.1, -0.05) is 0 Å². The summed E-state index contributed by atoms with van der Waals surface area (Å²) in [5, 5.41) is 8.74. The minimum absolute atomic E-state index is 0.298. The summed E-state index contributed by atoms with van der Waals surface area (Å²) in [6.07, 6.45) is -4.75. The average Bonchev–Trinajstić information content (AvgIpc) is 1.82. The fraction of sp³-hybridized carbons (Fsp3) is 0.143. The quantitative estimate of drug-likeness (QED) is 0.711. The zero-order chi connectivity index (χ0) is 9.19. The van der Waals surface area contributed by atoms with E-state index in [1.54, 1.807) is 0 Å². The highest BCUT2D eigenvalue weighted by atomic mass is 19.4. The lowest BCUT2D eigenvalue weighted by molar-refractivity contribution is -0.274. The molecule has 0 aliphatic heterocycles. The SMILES string of the molecule is Oc1cc[c]c(OC(F)(F)F)c1. The molecule has 0 aliphatic rings. The minimum atomic E-state index is -4.75. The first-order valence-corrected chi connectivity index (χ1v) is 2.94. The van der Waals surface area contributed by atoms with Gasteiger partial charge in [0.2, 0.25) is 0 Å². The first kappa shape index (κ1) is 8.70. The molecule has 0 aromatic heterocycles. The van der Waals surface area contributed by atoms with Gasteiger partial charge in [-0.15, -0.1) is 13.2 Å². The number of hydrogen-bond acceptors (Lipinski definition) is 2. The van der Waals surface area contributed by atoms with Crippen molar-refractivity contribution in [3.8, 4) is 11.5 Å². The van der Waals surface area contributed by atoms with Crippen LogP contribution in [0.3, 0.4) is 0 Å². The summed E-state index contributed by atoms with van der Waals surface area (Å²) >= 11 is 0. The van der Waals surface area contributed by atoms with Crippen LogP contribution in [0.4, 0.5) is 13.2 Å². The lowest BCUT2D eigenvalue weighted by Crippen LogP contribution is -2.16. The summed E-state index contributed by atoms with van der Waals surface area (Å²) in [6.45, 7) is 0. The van der Waals surface area contributed by atoms with Gasteiger partial charge in [0.1, 0.15) is 11.5 Å². The molecular weight excluding hydrogens is 173 g/mol. The molecule has 1 aromatic carbocycles. The van der Waals surface area contributed by atoms with Crippen LogP contribution in [0.1, 0.15) is 0 Å². The highest BCUT2D eigenvalue weighted by Crippen LogP contribution is 2.24. The standard InChI is InChI=1S/C7H4F3O2/c8-7(9,10)12-6-3-1-2-5(11)4-6/h1-2,4,11H. The summed E-state index contributed by atoms with van der Waals surface area (Å²) in [4.78, 5) is 0. The fourth-order valence-corrected chi connectivity index (χ4v) is 0.617. The number of phenols is 1. The Morgan fingerprint density at radius 2 is 2.08 bits per heavy atom. The third-order valence-electron chi connectivity index (χ3n) is 0.984. The summed E-state index contributed by atoms with van der Waals surface area (Å²) in [7, 11) is 0. The third-order valence-corrected chi connectivity index (χ3v) is 0.984. The number of hydrogen-bond donors (Lipinski definition) is 1. The molecule has 65 valence electrons. The Morgan fingerprint density at radius 3 is 2.58 bits per heavy atom. The predicted molar refractivity (Wildman–Crippen MR) is 33.6 cm³/mol. The highest BCUT2D eigenvalue weighted by molar-refractivity contribution is 5.30. The Balaban J connectivity index is 2.77. The van der Waals surface area contributed by atoms with Crippen molar-refractivity contribution in [2.75, 3.05) is 0 Å². The van der Waals surface area contributed by atoms with Crippen LogP contribution in [-0.2, 0) is 0 Å². The highest BCUT2D eigenvalue weighted by Gasteiger charge is 2.31. The molecule has 0 aliphatic carbocycles. The molecule has 0 fully saturated rings. The molecular formula is C7H4F3O2. The minimum Gasteiger partial charge on any atom is -0.508 e. The van der Waals surface area contributed by atoms with Gasteiger partial charge in [-0.2, -0.15) is 0 Å². The van der Waals surface area contributed by atoms with Crippen molar-refractivity contribution in [1.29, 1.82) is 0 Å². The zero-order valence-electron chi connectivity index (χ0n) is 5.72. The summed E-state index contributed by atoms with van der Waals surface area (Å²) < 4.78 is 38.1. The van der Waals surface area contributed by atoms with Gasteiger partial charge in [-0.25, -0.2) is 0 Å². The van der Waals surface area contributed by atoms with E-state index in [1.165, 1.54) is 6.07 Å². The summed E-state index contributed by atoms with van der Waals surface area (Å²) in [5.41, 5.74) is 0. The monoisotopic (exact) mass is 177 g/mol. The second-order valence-corrected chi connectivity index (χ2v) is 1.96. The maximum absolute atomic E-state index is 11.5. The van der Waals surface area contributed by atoms with E-state index in [2.05, 4.69) is 10.8 Å². The van der Waals surface area contributed by atoms with E-state index in [9.17, 15) is 13.2 Å². The molecule has 0 saturated heterocycles. The van der Waals surface area contributed by atoms with Crippen LogP contribution in [0.5, 0.6) is 11.5 Å². The van der Waals surface area contributed by atoms with Crippen LogP contribution in [-0.4, -0.2) is 11.5 Å². The smallest absolute Gasteiger partial charge is 0.508 e. The van der Waals surface area contributed by atoms with Gasteiger partial charge in [0, 0.05) is 12.1 Å². The average molecular weight is 177 g/mol.